The largest absolute Gasteiger partial charge is 0.381 e. The minimum Gasteiger partial charge on any atom is -0.381 e. The Balaban J connectivity index is 2.06. The summed E-state index contributed by atoms with van der Waals surface area (Å²) in [4.78, 5) is 4.61. The molecular formula is C12H20N2OS. The van der Waals surface area contributed by atoms with Gasteiger partial charge >= 0.3 is 0 Å². The van der Waals surface area contributed by atoms with Gasteiger partial charge in [-0.05, 0) is 26.3 Å². The van der Waals surface area contributed by atoms with Gasteiger partial charge in [0.2, 0.25) is 0 Å². The van der Waals surface area contributed by atoms with Crippen LogP contribution in [0.3, 0.4) is 0 Å². The number of nitrogens with one attached hydrogen (secondary N) is 1. The van der Waals surface area contributed by atoms with Crippen LogP contribution >= 0.6 is 11.3 Å². The Morgan fingerprint density at radius 3 is 3.12 bits per heavy atom. The summed E-state index contributed by atoms with van der Waals surface area (Å²) in [6.45, 7) is 7.09. The summed E-state index contributed by atoms with van der Waals surface area (Å²) in [7, 11) is 0. The van der Waals surface area contributed by atoms with Crippen LogP contribution in [0.4, 0.5) is 0 Å². The van der Waals surface area contributed by atoms with Crippen molar-refractivity contribution < 1.29 is 4.74 Å². The van der Waals surface area contributed by atoms with Gasteiger partial charge in [-0.3, -0.25) is 0 Å². The SMILES string of the molecule is CCCNC(c1csc(C)n1)C1CCOC1. The lowest BCUT2D eigenvalue weighted by Crippen LogP contribution is -2.29. The molecule has 0 spiro atoms. The lowest BCUT2D eigenvalue weighted by Gasteiger charge is -2.21. The van der Waals surface area contributed by atoms with E-state index in [2.05, 4.69) is 29.5 Å². The zero-order valence-electron chi connectivity index (χ0n) is 10.0. The number of thiazole rings is 1. The molecule has 16 heavy (non-hydrogen) atoms. The second kappa shape index (κ2) is 5.75. The van der Waals surface area contributed by atoms with Crippen molar-refractivity contribution in [2.75, 3.05) is 19.8 Å². The Morgan fingerprint density at radius 1 is 1.69 bits per heavy atom. The summed E-state index contributed by atoms with van der Waals surface area (Å²) in [5.41, 5.74) is 1.20. The number of hydrogen-bond donors (Lipinski definition) is 1. The standard InChI is InChI=1S/C12H20N2OS/c1-3-5-13-12(10-4-6-15-7-10)11-8-16-9(2)14-11/h8,10,12-13H,3-7H2,1-2H3. The first kappa shape index (κ1) is 12.0. The van der Waals surface area contributed by atoms with E-state index in [1.54, 1.807) is 11.3 Å². The fourth-order valence-electron chi connectivity index (χ4n) is 2.15. The van der Waals surface area contributed by atoms with Gasteiger partial charge in [0.05, 0.1) is 23.4 Å². The monoisotopic (exact) mass is 240 g/mol. The molecular weight excluding hydrogens is 220 g/mol. The van der Waals surface area contributed by atoms with E-state index in [0.717, 1.165) is 37.6 Å². The normalized spacial score (nSPS) is 22.5. The van der Waals surface area contributed by atoms with Crippen molar-refractivity contribution in [3.05, 3.63) is 16.1 Å². The molecule has 0 aliphatic carbocycles. The van der Waals surface area contributed by atoms with E-state index in [0.29, 0.717) is 12.0 Å². The third-order valence-electron chi connectivity index (χ3n) is 3.01. The molecule has 1 N–H and O–H groups in total. The van der Waals surface area contributed by atoms with Crippen molar-refractivity contribution in [2.45, 2.75) is 32.7 Å². The van der Waals surface area contributed by atoms with Crippen LogP contribution in [0.5, 0.6) is 0 Å². The molecule has 2 rings (SSSR count). The van der Waals surface area contributed by atoms with Gasteiger partial charge in [-0.25, -0.2) is 4.98 Å². The predicted molar refractivity (Wildman–Crippen MR) is 66.8 cm³/mol. The highest BCUT2D eigenvalue weighted by molar-refractivity contribution is 7.09. The maximum Gasteiger partial charge on any atom is 0.0898 e. The van der Waals surface area contributed by atoms with E-state index in [-0.39, 0.29) is 0 Å². The maximum absolute atomic E-state index is 5.48. The number of ether oxygens (including phenoxy) is 1. The molecule has 1 aliphatic rings. The molecule has 0 amide bonds. The lowest BCUT2D eigenvalue weighted by molar-refractivity contribution is 0.176. The third kappa shape index (κ3) is 2.81. The number of rotatable bonds is 5. The molecule has 3 nitrogen and oxygen atoms in total. The quantitative estimate of drug-likeness (QED) is 0.859. The van der Waals surface area contributed by atoms with Crippen molar-refractivity contribution in [3.63, 3.8) is 0 Å². The molecule has 1 fully saturated rings. The highest BCUT2D eigenvalue weighted by Gasteiger charge is 2.27. The molecule has 1 aromatic heterocycles. The van der Waals surface area contributed by atoms with E-state index in [1.807, 2.05) is 0 Å². The van der Waals surface area contributed by atoms with Crippen molar-refractivity contribution in [1.82, 2.24) is 10.3 Å². The third-order valence-corrected chi connectivity index (χ3v) is 3.80. The number of aromatic nitrogens is 1. The van der Waals surface area contributed by atoms with Crippen molar-refractivity contribution in [2.24, 2.45) is 5.92 Å². The second-order valence-electron chi connectivity index (χ2n) is 4.35. The molecule has 0 radical (unpaired) electrons. The first-order chi connectivity index (χ1) is 7.81. The molecule has 1 aromatic rings. The summed E-state index contributed by atoms with van der Waals surface area (Å²) in [6.07, 6.45) is 2.31. The van der Waals surface area contributed by atoms with E-state index >= 15 is 0 Å². The number of hydrogen-bond acceptors (Lipinski definition) is 4. The van der Waals surface area contributed by atoms with Crippen molar-refractivity contribution >= 4 is 11.3 Å². The van der Waals surface area contributed by atoms with E-state index in [9.17, 15) is 0 Å². The Kier molecular flexibility index (Phi) is 4.32. The van der Waals surface area contributed by atoms with Gasteiger partial charge in [0, 0.05) is 17.9 Å². The molecule has 1 aliphatic heterocycles. The van der Waals surface area contributed by atoms with Crippen LogP contribution in [-0.2, 0) is 4.74 Å². The van der Waals surface area contributed by atoms with Crippen LogP contribution in [0, 0.1) is 12.8 Å². The highest BCUT2D eigenvalue weighted by atomic mass is 32.1. The molecule has 2 heterocycles. The van der Waals surface area contributed by atoms with E-state index < -0.39 is 0 Å². The van der Waals surface area contributed by atoms with Crippen LogP contribution in [-0.4, -0.2) is 24.7 Å². The van der Waals surface area contributed by atoms with Gasteiger partial charge in [0.1, 0.15) is 0 Å². The van der Waals surface area contributed by atoms with Crippen LogP contribution in [0.1, 0.15) is 36.5 Å². The first-order valence-electron chi connectivity index (χ1n) is 6.04. The van der Waals surface area contributed by atoms with E-state index in [1.165, 1.54) is 5.69 Å². The minimum absolute atomic E-state index is 0.382. The lowest BCUT2D eigenvalue weighted by atomic mass is 9.96. The summed E-state index contributed by atoms with van der Waals surface area (Å²) < 4.78 is 5.48. The predicted octanol–water partition coefficient (Wildman–Crippen LogP) is 2.53. The Bertz CT molecular complexity index is 321. The molecule has 4 heteroatoms. The maximum atomic E-state index is 5.48. The van der Waals surface area contributed by atoms with Gasteiger partial charge < -0.3 is 10.1 Å². The van der Waals surface area contributed by atoms with Crippen LogP contribution < -0.4 is 5.32 Å². The zero-order valence-corrected chi connectivity index (χ0v) is 10.8. The smallest absolute Gasteiger partial charge is 0.0898 e. The fourth-order valence-corrected chi connectivity index (χ4v) is 2.80. The minimum atomic E-state index is 0.382. The van der Waals surface area contributed by atoms with Crippen molar-refractivity contribution in [3.8, 4) is 0 Å². The average molecular weight is 240 g/mol. The van der Waals surface area contributed by atoms with Gasteiger partial charge in [-0.2, -0.15) is 0 Å². The molecule has 0 saturated carbocycles. The molecule has 2 unspecified atom stereocenters. The van der Waals surface area contributed by atoms with Gasteiger partial charge in [0.25, 0.3) is 0 Å². The fraction of sp³-hybridized carbons (Fsp3) is 0.750. The second-order valence-corrected chi connectivity index (χ2v) is 5.41. The first-order valence-corrected chi connectivity index (χ1v) is 6.92. The molecule has 90 valence electrons. The van der Waals surface area contributed by atoms with Gasteiger partial charge in [0.15, 0.2) is 0 Å². The van der Waals surface area contributed by atoms with Gasteiger partial charge in [-0.15, -0.1) is 11.3 Å². The Hall–Kier alpha value is -0.450. The van der Waals surface area contributed by atoms with Gasteiger partial charge in [-0.1, -0.05) is 6.92 Å². The number of aryl methyl sites for hydroxylation is 1. The summed E-state index contributed by atoms with van der Waals surface area (Å²) >= 11 is 1.73. The summed E-state index contributed by atoms with van der Waals surface area (Å²) in [6, 6.07) is 0.382. The van der Waals surface area contributed by atoms with Crippen molar-refractivity contribution in [1.29, 1.82) is 0 Å². The average Bonchev–Trinajstić information content (AvgIpc) is 2.91. The Morgan fingerprint density at radius 2 is 2.56 bits per heavy atom. The van der Waals surface area contributed by atoms with Crippen LogP contribution in [0.15, 0.2) is 5.38 Å². The summed E-state index contributed by atoms with van der Waals surface area (Å²) in [5, 5.41) is 6.94. The molecule has 1 saturated heterocycles. The molecule has 0 bridgehead atoms. The highest BCUT2D eigenvalue weighted by Crippen LogP contribution is 2.29. The zero-order chi connectivity index (χ0) is 11.4. The Labute approximate surface area is 101 Å². The molecule has 2 atom stereocenters. The van der Waals surface area contributed by atoms with Crippen LogP contribution in [0.25, 0.3) is 0 Å². The van der Waals surface area contributed by atoms with E-state index in [4.69, 9.17) is 4.74 Å². The number of nitrogens with zero attached hydrogens (tertiary/aromatic N) is 1. The van der Waals surface area contributed by atoms with Crippen LogP contribution in [0.2, 0.25) is 0 Å². The summed E-state index contributed by atoms with van der Waals surface area (Å²) in [5.74, 6) is 0.591. The topological polar surface area (TPSA) is 34.2 Å². The molecule has 0 aromatic carbocycles.